The summed E-state index contributed by atoms with van der Waals surface area (Å²) in [5, 5.41) is 3.41. The highest BCUT2D eigenvalue weighted by Gasteiger charge is 2.17. The lowest BCUT2D eigenvalue weighted by atomic mass is 10.2. The normalized spacial score (nSPS) is 11.5. The lowest BCUT2D eigenvalue weighted by molar-refractivity contribution is 0.596. The predicted octanol–water partition coefficient (Wildman–Crippen LogP) is 2.89. The second-order valence-electron chi connectivity index (χ2n) is 3.28. The van der Waals surface area contributed by atoms with Crippen molar-refractivity contribution in [2.24, 2.45) is 0 Å². The molecule has 0 spiro atoms. The molecule has 0 fully saturated rings. The average molecular weight is 238 g/mol. The summed E-state index contributed by atoms with van der Waals surface area (Å²) in [6.07, 6.45) is 0. The van der Waals surface area contributed by atoms with E-state index in [1.807, 2.05) is 6.92 Å². The summed E-state index contributed by atoms with van der Waals surface area (Å²) in [5.41, 5.74) is 1.05. The van der Waals surface area contributed by atoms with E-state index in [2.05, 4.69) is 0 Å². The van der Waals surface area contributed by atoms with E-state index in [0.29, 0.717) is 9.79 Å². The van der Waals surface area contributed by atoms with E-state index in [-0.39, 0.29) is 0 Å². The Hall–Kier alpha value is -1.13. The molecule has 1 aromatic heterocycles. The Morgan fingerprint density at radius 3 is 2.20 bits per heavy atom. The van der Waals surface area contributed by atoms with Gasteiger partial charge in [-0.15, -0.1) is 0 Å². The van der Waals surface area contributed by atoms with Gasteiger partial charge in [-0.05, 0) is 30.5 Å². The van der Waals surface area contributed by atoms with Gasteiger partial charge in [0.25, 0.3) is 0 Å². The van der Waals surface area contributed by atoms with Gasteiger partial charge in [0.1, 0.15) is 0 Å². The van der Waals surface area contributed by atoms with Gasteiger partial charge in [-0.3, -0.25) is 0 Å². The van der Waals surface area contributed by atoms with Gasteiger partial charge in [-0.1, -0.05) is 17.7 Å². The Bertz CT molecular complexity index is 537. The average Bonchev–Trinajstić information content (AvgIpc) is 2.71. The fraction of sp³-hybridized carbons (Fsp3) is 0.0909. The van der Waals surface area contributed by atoms with Crippen molar-refractivity contribution in [1.82, 2.24) is 0 Å². The zero-order valence-electron chi connectivity index (χ0n) is 8.17. The predicted molar refractivity (Wildman–Crippen MR) is 60.9 cm³/mol. The van der Waals surface area contributed by atoms with Crippen LogP contribution < -0.4 is 0 Å². The minimum atomic E-state index is -3.30. The molecule has 2 nitrogen and oxygen atoms in total. The quantitative estimate of drug-likeness (QED) is 0.806. The van der Waals surface area contributed by atoms with Crippen molar-refractivity contribution in [3.05, 3.63) is 46.7 Å². The Morgan fingerprint density at radius 2 is 1.67 bits per heavy atom. The van der Waals surface area contributed by atoms with Crippen LogP contribution in [0.25, 0.3) is 0 Å². The molecule has 0 unspecified atom stereocenters. The monoisotopic (exact) mass is 238 g/mol. The summed E-state index contributed by atoms with van der Waals surface area (Å²) in [5.74, 6) is 0. The van der Waals surface area contributed by atoms with Crippen molar-refractivity contribution in [1.29, 1.82) is 0 Å². The van der Waals surface area contributed by atoms with Crippen LogP contribution in [0.1, 0.15) is 5.56 Å². The van der Waals surface area contributed by atoms with E-state index < -0.39 is 9.84 Å². The van der Waals surface area contributed by atoms with E-state index in [1.165, 1.54) is 11.3 Å². The van der Waals surface area contributed by atoms with Gasteiger partial charge >= 0.3 is 0 Å². The van der Waals surface area contributed by atoms with Crippen molar-refractivity contribution >= 4 is 21.2 Å². The molecule has 1 aromatic carbocycles. The summed E-state index contributed by atoms with van der Waals surface area (Å²) in [7, 11) is -3.30. The Kier molecular flexibility index (Phi) is 2.63. The molecule has 0 bridgehead atoms. The number of aryl methyl sites for hydroxylation is 1. The number of hydrogen-bond donors (Lipinski definition) is 0. The van der Waals surface area contributed by atoms with Crippen molar-refractivity contribution in [3.8, 4) is 0 Å². The van der Waals surface area contributed by atoms with Crippen LogP contribution in [0.5, 0.6) is 0 Å². The zero-order valence-corrected chi connectivity index (χ0v) is 9.81. The first-order valence-corrected chi connectivity index (χ1v) is 6.87. The highest BCUT2D eigenvalue weighted by atomic mass is 32.2. The minimum Gasteiger partial charge on any atom is -0.218 e. The van der Waals surface area contributed by atoms with E-state index >= 15 is 0 Å². The molecule has 78 valence electrons. The molecule has 4 heteroatoms. The highest BCUT2D eigenvalue weighted by molar-refractivity contribution is 7.91. The molecule has 0 radical (unpaired) electrons. The zero-order chi connectivity index (χ0) is 10.9. The van der Waals surface area contributed by atoms with Crippen molar-refractivity contribution in [3.63, 3.8) is 0 Å². The van der Waals surface area contributed by atoms with Gasteiger partial charge in [-0.2, -0.15) is 11.3 Å². The lowest BCUT2D eigenvalue weighted by Crippen LogP contribution is -1.99. The molecule has 0 aliphatic heterocycles. The molecule has 0 atom stereocenters. The van der Waals surface area contributed by atoms with Crippen LogP contribution in [0, 0.1) is 6.92 Å². The minimum absolute atomic E-state index is 0.353. The first-order chi connectivity index (χ1) is 7.10. The van der Waals surface area contributed by atoms with Crippen molar-refractivity contribution in [2.75, 3.05) is 0 Å². The summed E-state index contributed by atoms with van der Waals surface area (Å²) < 4.78 is 24.0. The number of hydrogen-bond acceptors (Lipinski definition) is 3. The fourth-order valence-electron chi connectivity index (χ4n) is 1.26. The van der Waals surface area contributed by atoms with Crippen LogP contribution in [0.2, 0.25) is 0 Å². The highest BCUT2D eigenvalue weighted by Crippen LogP contribution is 2.22. The summed E-state index contributed by atoms with van der Waals surface area (Å²) in [6.45, 7) is 1.93. The lowest BCUT2D eigenvalue weighted by Gasteiger charge is -2.01. The number of benzene rings is 1. The van der Waals surface area contributed by atoms with Gasteiger partial charge in [0, 0.05) is 5.38 Å². The van der Waals surface area contributed by atoms with Gasteiger partial charge in [0.2, 0.25) is 9.84 Å². The van der Waals surface area contributed by atoms with Crippen LogP contribution in [0.4, 0.5) is 0 Å². The maximum atomic E-state index is 12.0. The van der Waals surface area contributed by atoms with Crippen LogP contribution in [0.3, 0.4) is 0 Å². The summed E-state index contributed by atoms with van der Waals surface area (Å²) in [4.78, 5) is 0.725. The molecule has 0 amide bonds. The van der Waals surface area contributed by atoms with Crippen molar-refractivity contribution in [2.45, 2.75) is 16.7 Å². The molecule has 0 saturated carbocycles. The first-order valence-electron chi connectivity index (χ1n) is 4.45. The third-order valence-corrected chi connectivity index (χ3v) is 4.74. The maximum absolute atomic E-state index is 12.0. The van der Waals surface area contributed by atoms with Gasteiger partial charge in [-0.25, -0.2) is 8.42 Å². The smallest absolute Gasteiger partial charge is 0.207 e. The van der Waals surface area contributed by atoms with E-state index in [9.17, 15) is 8.42 Å². The Labute approximate surface area is 93.1 Å². The number of rotatable bonds is 2. The first kappa shape index (κ1) is 10.4. The molecule has 1 heterocycles. The Morgan fingerprint density at radius 1 is 1.00 bits per heavy atom. The van der Waals surface area contributed by atoms with E-state index in [1.54, 1.807) is 41.1 Å². The molecule has 2 rings (SSSR count). The molecule has 2 aromatic rings. The van der Waals surface area contributed by atoms with Crippen LogP contribution in [0.15, 0.2) is 50.9 Å². The van der Waals surface area contributed by atoms with Crippen LogP contribution in [-0.2, 0) is 9.84 Å². The molecule has 0 saturated heterocycles. The Balaban J connectivity index is 2.52. The third-order valence-electron chi connectivity index (χ3n) is 2.14. The maximum Gasteiger partial charge on any atom is 0.207 e. The fourth-order valence-corrected chi connectivity index (χ4v) is 3.55. The molecular formula is C11H10O2S2. The van der Waals surface area contributed by atoms with E-state index in [4.69, 9.17) is 0 Å². The van der Waals surface area contributed by atoms with Gasteiger partial charge in [0.05, 0.1) is 9.79 Å². The molecule has 0 aliphatic rings. The largest absolute Gasteiger partial charge is 0.218 e. The summed E-state index contributed by atoms with van der Waals surface area (Å²) >= 11 is 1.39. The number of thiophene rings is 1. The van der Waals surface area contributed by atoms with Gasteiger partial charge in [0.15, 0.2) is 0 Å². The molecule has 0 N–H and O–H groups in total. The second kappa shape index (κ2) is 3.79. The second-order valence-corrected chi connectivity index (χ2v) is 6.01. The third kappa shape index (κ3) is 1.96. The topological polar surface area (TPSA) is 34.1 Å². The van der Waals surface area contributed by atoms with Crippen LogP contribution in [-0.4, -0.2) is 8.42 Å². The molecule has 0 aliphatic carbocycles. The SMILES string of the molecule is Cc1ccc(S(=O)(=O)c2ccsc2)cc1. The summed E-state index contributed by atoms with van der Waals surface area (Å²) in [6, 6.07) is 8.52. The van der Waals surface area contributed by atoms with Crippen LogP contribution >= 0.6 is 11.3 Å². The van der Waals surface area contributed by atoms with Gasteiger partial charge < -0.3 is 0 Å². The standard InChI is InChI=1S/C11H10O2S2/c1-9-2-4-10(5-3-9)15(12,13)11-6-7-14-8-11/h2-8H,1H3. The number of sulfone groups is 1. The molecule has 15 heavy (non-hydrogen) atoms. The van der Waals surface area contributed by atoms with E-state index in [0.717, 1.165) is 5.56 Å². The van der Waals surface area contributed by atoms with Crippen molar-refractivity contribution < 1.29 is 8.42 Å². The molecular weight excluding hydrogens is 228 g/mol.